The molecule has 88 valence electrons. The molecule has 0 aromatic heterocycles. The molecule has 1 amide bonds. The minimum atomic E-state index is -0.0434. The summed E-state index contributed by atoms with van der Waals surface area (Å²) in [5, 5.41) is 2.41. The van der Waals surface area contributed by atoms with Gasteiger partial charge in [-0.1, -0.05) is 36.4 Å². The molecule has 0 radical (unpaired) electrons. The summed E-state index contributed by atoms with van der Waals surface area (Å²) in [4.78, 5) is 13.0. The van der Waals surface area contributed by atoms with Gasteiger partial charge in [0.25, 0.3) is 0 Å². The number of hydrogen-bond acceptors (Lipinski definition) is 2. The van der Waals surface area contributed by atoms with Gasteiger partial charge in [-0.25, -0.2) is 0 Å². The van der Waals surface area contributed by atoms with Gasteiger partial charge in [-0.3, -0.25) is 4.79 Å². The molecule has 17 heavy (non-hydrogen) atoms. The Hall–Kier alpha value is -1.87. The Labute approximate surface area is 101 Å². The molecule has 2 N–H and O–H groups in total. The van der Waals surface area contributed by atoms with Crippen molar-refractivity contribution in [3.05, 3.63) is 48.0 Å². The van der Waals surface area contributed by atoms with E-state index < -0.39 is 0 Å². The van der Waals surface area contributed by atoms with Gasteiger partial charge in [0, 0.05) is 13.6 Å². The second-order valence-corrected chi connectivity index (χ2v) is 4.14. The Morgan fingerprint density at radius 1 is 1.18 bits per heavy atom. The van der Waals surface area contributed by atoms with Crippen molar-refractivity contribution in [3.8, 4) is 0 Å². The van der Waals surface area contributed by atoms with E-state index in [1.165, 1.54) is 10.8 Å². The molecule has 2 aromatic rings. The van der Waals surface area contributed by atoms with Crippen LogP contribution in [0.15, 0.2) is 42.5 Å². The minimum absolute atomic E-state index is 0.0434. The second-order valence-electron chi connectivity index (χ2n) is 4.14. The van der Waals surface area contributed by atoms with E-state index in [4.69, 9.17) is 5.73 Å². The maximum absolute atomic E-state index is 11.4. The number of carbonyl (C=O) groups excluding carboxylic acids is 1. The lowest BCUT2D eigenvalue weighted by molar-refractivity contribution is -0.128. The number of nitrogens with zero attached hydrogens (tertiary/aromatic N) is 1. The molecule has 2 aromatic carbocycles. The standard InChI is InChI=1S/C14H16N2O/c1-16(14(17)9-15)10-11-6-7-12-4-2-3-5-13(12)8-11/h2-8H,9-10,15H2,1H3. The number of hydrogen-bond donors (Lipinski definition) is 1. The van der Waals surface area contributed by atoms with Crippen molar-refractivity contribution in [3.63, 3.8) is 0 Å². The summed E-state index contributed by atoms with van der Waals surface area (Å²) in [6.07, 6.45) is 0. The van der Waals surface area contributed by atoms with Crippen molar-refractivity contribution in [1.82, 2.24) is 4.90 Å². The van der Waals surface area contributed by atoms with Crippen LogP contribution in [-0.2, 0) is 11.3 Å². The van der Waals surface area contributed by atoms with Crippen molar-refractivity contribution in [1.29, 1.82) is 0 Å². The van der Waals surface area contributed by atoms with Crippen molar-refractivity contribution in [2.24, 2.45) is 5.73 Å². The van der Waals surface area contributed by atoms with Crippen LogP contribution in [0.1, 0.15) is 5.56 Å². The van der Waals surface area contributed by atoms with Crippen LogP contribution in [0.4, 0.5) is 0 Å². The Morgan fingerprint density at radius 2 is 1.88 bits per heavy atom. The Balaban J connectivity index is 2.22. The number of nitrogens with two attached hydrogens (primary N) is 1. The van der Waals surface area contributed by atoms with E-state index in [0.717, 1.165) is 5.56 Å². The van der Waals surface area contributed by atoms with E-state index in [1.807, 2.05) is 18.2 Å². The zero-order valence-corrected chi connectivity index (χ0v) is 9.89. The lowest BCUT2D eigenvalue weighted by Gasteiger charge is -2.16. The number of benzene rings is 2. The smallest absolute Gasteiger partial charge is 0.236 e. The number of likely N-dealkylation sites (N-methyl/N-ethyl adjacent to an activating group) is 1. The first-order valence-electron chi connectivity index (χ1n) is 5.62. The first kappa shape index (κ1) is 11.6. The zero-order valence-electron chi connectivity index (χ0n) is 9.89. The van der Waals surface area contributed by atoms with Crippen LogP contribution in [0.25, 0.3) is 10.8 Å². The van der Waals surface area contributed by atoms with E-state index in [1.54, 1.807) is 11.9 Å². The molecule has 0 heterocycles. The number of carbonyl (C=O) groups is 1. The molecule has 0 aliphatic carbocycles. The summed E-state index contributed by atoms with van der Waals surface area (Å²) in [6, 6.07) is 14.4. The third kappa shape index (κ3) is 2.63. The summed E-state index contributed by atoms with van der Waals surface area (Å²) < 4.78 is 0. The first-order valence-corrected chi connectivity index (χ1v) is 5.62. The fourth-order valence-corrected chi connectivity index (χ4v) is 1.86. The third-order valence-corrected chi connectivity index (χ3v) is 2.83. The molecular weight excluding hydrogens is 212 g/mol. The maximum atomic E-state index is 11.4. The predicted octanol–water partition coefficient (Wildman–Crippen LogP) is 1.76. The van der Waals surface area contributed by atoms with Gasteiger partial charge in [0.1, 0.15) is 0 Å². The van der Waals surface area contributed by atoms with Gasteiger partial charge in [-0.2, -0.15) is 0 Å². The van der Waals surface area contributed by atoms with Gasteiger partial charge in [0.05, 0.1) is 6.54 Å². The van der Waals surface area contributed by atoms with E-state index in [0.29, 0.717) is 6.54 Å². The van der Waals surface area contributed by atoms with Crippen LogP contribution in [-0.4, -0.2) is 24.4 Å². The van der Waals surface area contributed by atoms with Crippen LogP contribution in [0.5, 0.6) is 0 Å². The fourth-order valence-electron chi connectivity index (χ4n) is 1.86. The molecule has 0 aliphatic heterocycles. The normalized spacial score (nSPS) is 10.5. The topological polar surface area (TPSA) is 46.3 Å². The first-order chi connectivity index (χ1) is 8.20. The Morgan fingerprint density at radius 3 is 2.59 bits per heavy atom. The highest BCUT2D eigenvalue weighted by Crippen LogP contribution is 2.16. The molecule has 0 saturated heterocycles. The molecule has 2 rings (SSSR count). The Bertz CT molecular complexity index is 536. The molecule has 3 nitrogen and oxygen atoms in total. The number of fused-ring (bicyclic) bond motifs is 1. The van der Waals surface area contributed by atoms with Gasteiger partial charge < -0.3 is 10.6 Å². The van der Waals surface area contributed by atoms with E-state index in [2.05, 4.69) is 24.3 Å². The highest BCUT2D eigenvalue weighted by molar-refractivity contribution is 5.83. The lowest BCUT2D eigenvalue weighted by atomic mass is 10.1. The molecule has 0 spiro atoms. The Kier molecular flexibility index (Phi) is 3.40. The van der Waals surface area contributed by atoms with Crippen LogP contribution >= 0.6 is 0 Å². The molecular formula is C14H16N2O. The van der Waals surface area contributed by atoms with Gasteiger partial charge in [-0.05, 0) is 22.4 Å². The zero-order chi connectivity index (χ0) is 12.3. The van der Waals surface area contributed by atoms with Gasteiger partial charge in [-0.15, -0.1) is 0 Å². The van der Waals surface area contributed by atoms with E-state index >= 15 is 0 Å². The molecule has 0 bridgehead atoms. The van der Waals surface area contributed by atoms with Crippen LogP contribution in [0.3, 0.4) is 0 Å². The van der Waals surface area contributed by atoms with Gasteiger partial charge in [0.15, 0.2) is 0 Å². The summed E-state index contributed by atoms with van der Waals surface area (Å²) in [6.45, 7) is 0.658. The van der Waals surface area contributed by atoms with Crippen molar-refractivity contribution in [2.75, 3.05) is 13.6 Å². The highest BCUT2D eigenvalue weighted by Gasteiger charge is 2.06. The second kappa shape index (κ2) is 4.97. The van der Waals surface area contributed by atoms with E-state index in [9.17, 15) is 4.79 Å². The van der Waals surface area contributed by atoms with Crippen molar-refractivity contribution in [2.45, 2.75) is 6.54 Å². The quantitative estimate of drug-likeness (QED) is 0.870. The summed E-state index contributed by atoms with van der Waals surface area (Å²) >= 11 is 0. The largest absolute Gasteiger partial charge is 0.340 e. The minimum Gasteiger partial charge on any atom is -0.340 e. The average Bonchev–Trinajstić information content (AvgIpc) is 2.37. The number of amides is 1. The van der Waals surface area contributed by atoms with Gasteiger partial charge in [0.2, 0.25) is 5.91 Å². The third-order valence-electron chi connectivity index (χ3n) is 2.83. The lowest BCUT2D eigenvalue weighted by Crippen LogP contribution is -2.32. The van der Waals surface area contributed by atoms with Crippen LogP contribution in [0, 0.1) is 0 Å². The summed E-state index contributed by atoms with van der Waals surface area (Å²) in [5.41, 5.74) is 6.44. The van der Waals surface area contributed by atoms with Crippen molar-refractivity contribution >= 4 is 16.7 Å². The molecule has 3 heteroatoms. The SMILES string of the molecule is CN(Cc1ccc2ccccc2c1)C(=O)CN. The van der Waals surface area contributed by atoms with Crippen LogP contribution < -0.4 is 5.73 Å². The monoisotopic (exact) mass is 228 g/mol. The molecule has 0 aliphatic rings. The van der Waals surface area contributed by atoms with Gasteiger partial charge >= 0.3 is 0 Å². The fraction of sp³-hybridized carbons (Fsp3) is 0.214. The average molecular weight is 228 g/mol. The molecule has 0 fully saturated rings. The molecule has 0 unspecified atom stereocenters. The number of rotatable bonds is 3. The highest BCUT2D eigenvalue weighted by atomic mass is 16.2. The summed E-state index contributed by atoms with van der Waals surface area (Å²) in [5.74, 6) is -0.0434. The van der Waals surface area contributed by atoms with E-state index in [-0.39, 0.29) is 12.5 Å². The van der Waals surface area contributed by atoms with Crippen molar-refractivity contribution < 1.29 is 4.79 Å². The summed E-state index contributed by atoms with van der Waals surface area (Å²) in [7, 11) is 1.77. The predicted molar refractivity (Wildman–Crippen MR) is 69.5 cm³/mol. The van der Waals surface area contributed by atoms with Crippen LogP contribution in [0.2, 0.25) is 0 Å². The molecule has 0 atom stereocenters. The molecule has 0 saturated carbocycles. The maximum Gasteiger partial charge on any atom is 0.236 e.